The predicted octanol–water partition coefficient (Wildman–Crippen LogP) is 5.56. The molecule has 1 aliphatic rings. The van der Waals surface area contributed by atoms with E-state index in [1.54, 1.807) is 12.1 Å². The largest absolute Gasteiger partial charge is 0.294 e. The van der Waals surface area contributed by atoms with Crippen molar-refractivity contribution in [2.24, 2.45) is 0 Å². The van der Waals surface area contributed by atoms with Gasteiger partial charge < -0.3 is 0 Å². The van der Waals surface area contributed by atoms with Crippen LogP contribution in [0.2, 0.25) is 15.1 Å². The fraction of sp³-hybridized carbons (Fsp3) is 0.188. The summed E-state index contributed by atoms with van der Waals surface area (Å²) < 4.78 is 0. The SMILES string of the molecule is O=C1CC(c2ccc(Cl)c(Cl)c2)Cc2cc(Cl)ccc21. The van der Waals surface area contributed by atoms with Crippen LogP contribution in [0.5, 0.6) is 0 Å². The normalized spacial score (nSPS) is 17.9. The van der Waals surface area contributed by atoms with E-state index < -0.39 is 0 Å². The van der Waals surface area contributed by atoms with Crippen molar-refractivity contribution in [3.05, 3.63) is 68.2 Å². The number of carbonyl (C=O) groups excluding carboxylic acids is 1. The number of ketones is 1. The maximum Gasteiger partial charge on any atom is 0.163 e. The van der Waals surface area contributed by atoms with Gasteiger partial charge in [-0.05, 0) is 53.8 Å². The number of fused-ring (bicyclic) bond motifs is 1. The Kier molecular flexibility index (Phi) is 3.76. The third-order valence-corrected chi connectivity index (χ3v) is 4.65. The van der Waals surface area contributed by atoms with Gasteiger partial charge in [0.2, 0.25) is 0 Å². The molecular weight excluding hydrogens is 315 g/mol. The summed E-state index contributed by atoms with van der Waals surface area (Å²) in [6.07, 6.45) is 1.28. The van der Waals surface area contributed by atoms with E-state index >= 15 is 0 Å². The van der Waals surface area contributed by atoms with Crippen LogP contribution < -0.4 is 0 Å². The van der Waals surface area contributed by atoms with Crippen molar-refractivity contribution in [2.75, 3.05) is 0 Å². The van der Waals surface area contributed by atoms with Crippen molar-refractivity contribution < 1.29 is 4.79 Å². The first-order valence-electron chi connectivity index (χ1n) is 6.31. The van der Waals surface area contributed by atoms with Gasteiger partial charge in [0, 0.05) is 17.0 Å². The second-order valence-corrected chi connectivity index (χ2v) is 6.25. The van der Waals surface area contributed by atoms with Gasteiger partial charge in [-0.25, -0.2) is 0 Å². The second kappa shape index (κ2) is 5.40. The molecule has 0 saturated heterocycles. The first kappa shape index (κ1) is 13.9. The van der Waals surface area contributed by atoms with Crippen LogP contribution in [0.15, 0.2) is 36.4 Å². The van der Waals surface area contributed by atoms with Crippen LogP contribution in [-0.2, 0) is 6.42 Å². The van der Waals surface area contributed by atoms with Crippen molar-refractivity contribution in [3.63, 3.8) is 0 Å². The Hall–Kier alpha value is -1.02. The van der Waals surface area contributed by atoms with Gasteiger partial charge in [-0.2, -0.15) is 0 Å². The van der Waals surface area contributed by atoms with Gasteiger partial charge in [-0.15, -0.1) is 0 Å². The number of Topliss-reactive ketones (excluding diaryl/α,β-unsaturated/α-hetero) is 1. The molecule has 0 radical (unpaired) electrons. The Morgan fingerprint density at radius 2 is 1.70 bits per heavy atom. The minimum Gasteiger partial charge on any atom is -0.294 e. The van der Waals surface area contributed by atoms with Crippen molar-refractivity contribution in [2.45, 2.75) is 18.8 Å². The minimum atomic E-state index is 0.128. The summed E-state index contributed by atoms with van der Waals surface area (Å²) >= 11 is 18.0. The molecule has 1 unspecified atom stereocenters. The van der Waals surface area contributed by atoms with Crippen molar-refractivity contribution in [1.29, 1.82) is 0 Å². The molecular formula is C16H11Cl3O. The molecule has 0 aromatic heterocycles. The standard InChI is InChI=1S/C16H11Cl3O/c17-12-2-3-13-11(6-12)5-10(8-16(13)20)9-1-4-14(18)15(19)7-9/h1-4,6-7,10H,5,8H2. The van der Waals surface area contributed by atoms with E-state index in [1.807, 2.05) is 24.3 Å². The molecule has 0 aliphatic heterocycles. The van der Waals surface area contributed by atoms with Crippen LogP contribution in [0.3, 0.4) is 0 Å². The molecule has 4 heteroatoms. The molecule has 20 heavy (non-hydrogen) atoms. The van der Waals surface area contributed by atoms with Crippen molar-refractivity contribution in [1.82, 2.24) is 0 Å². The maximum atomic E-state index is 12.2. The maximum absolute atomic E-state index is 12.2. The summed E-state index contributed by atoms with van der Waals surface area (Å²) in [4.78, 5) is 12.2. The number of benzene rings is 2. The van der Waals surface area contributed by atoms with Gasteiger partial charge in [-0.3, -0.25) is 4.79 Å². The lowest BCUT2D eigenvalue weighted by Crippen LogP contribution is -2.18. The Morgan fingerprint density at radius 1 is 0.900 bits per heavy atom. The summed E-state index contributed by atoms with van der Waals surface area (Å²) in [5.41, 5.74) is 2.83. The number of rotatable bonds is 1. The third kappa shape index (κ3) is 2.58. The second-order valence-electron chi connectivity index (χ2n) is 5.00. The Balaban J connectivity index is 1.98. The Labute approximate surface area is 132 Å². The fourth-order valence-electron chi connectivity index (χ4n) is 2.68. The summed E-state index contributed by atoms with van der Waals surface area (Å²) in [5.74, 6) is 0.280. The molecule has 0 heterocycles. The molecule has 0 N–H and O–H groups in total. The number of carbonyl (C=O) groups is 1. The van der Waals surface area contributed by atoms with Crippen LogP contribution >= 0.6 is 34.8 Å². The van der Waals surface area contributed by atoms with E-state index in [9.17, 15) is 4.79 Å². The quantitative estimate of drug-likeness (QED) is 0.671. The first-order valence-corrected chi connectivity index (χ1v) is 7.44. The molecule has 0 bridgehead atoms. The fourth-order valence-corrected chi connectivity index (χ4v) is 3.18. The number of hydrogen-bond donors (Lipinski definition) is 0. The van der Waals surface area contributed by atoms with Gasteiger partial charge in [0.15, 0.2) is 5.78 Å². The highest BCUT2D eigenvalue weighted by Crippen LogP contribution is 2.36. The van der Waals surface area contributed by atoms with Gasteiger partial charge in [0.1, 0.15) is 0 Å². The highest BCUT2D eigenvalue weighted by Gasteiger charge is 2.26. The third-order valence-electron chi connectivity index (χ3n) is 3.68. The summed E-state index contributed by atoms with van der Waals surface area (Å²) in [6, 6.07) is 11.0. The summed E-state index contributed by atoms with van der Waals surface area (Å²) in [7, 11) is 0. The number of halogens is 3. The highest BCUT2D eigenvalue weighted by atomic mass is 35.5. The van der Waals surface area contributed by atoms with E-state index in [4.69, 9.17) is 34.8 Å². The monoisotopic (exact) mass is 324 g/mol. The first-order chi connectivity index (χ1) is 9.54. The zero-order chi connectivity index (χ0) is 14.3. The number of hydrogen-bond acceptors (Lipinski definition) is 1. The summed E-state index contributed by atoms with van der Waals surface area (Å²) in [5, 5.41) is 1.71. The van der Waals surface area contributed by atoms with Crippen LogP contribution in [0, 0.1) is 0 Å². The molecule has 2 aromatic carbocycles. The smallest absolute Gasteiger partial charge is 0.163 e. The van der Waals surface area contributed by atoms with Crippen LogP contribution in [0.25, 0.3) is 0 Å². The Morgan fingerprint density at radius 3 is 2.45 bits per heavy atom. The van der Waals surface area contributed by atoms with E-state index in [1.165, 1.54) is 0 Å². The van der Waals surface area contributed by atoms with E-state index in [-0.39, 0.29) is 11.7 Å². The predicted molar refractivity (Wildman–Crippen MR) is 83.3 cm³/mol. The van der Waals surface area contributed by atoms with Crippen LogP contribution in [0.4, 0.5) is 0 Å². The lowest BCUT2D eigenvalue weighted by molar-refractivity contribution is 0.0964. The topological polar surface area (TPSA) is 17.1 Å². The van der Waals surface area contributed by atoms with Gasteiger partial charge in [-0.1, -0.05) is 40.9 Å². The zero-order valence-electron chi connectivity index (χ0n) is 10.5. The van der Waals surface area contributed by atoms with Crippen LogP contribution in [-0.4, -0.2) is 5.78 Å². The van der Waals surface area contributed by atoms with Crippen molar-refractivity contribution in [3.8, 4) is 0 Å². The molecule has 1 aliphatic carbocycles. The highest BCUT2D eigenvalue weighted by molar-refractivity contribution is 6.42. The molecule has 0 fully saturated rings. The molecule has 0 amide bonds. The van der Waals surface area contributed by atoms with E-state index in [0.29, 0.717) is 21.5 Å². The summed E-state index contributed by atoms with van der Waals surface area (Å²) in [6.45, 7) is 0. The Bertz CT molecular complexity index is 694. The van der Waals surface area contributed by atoms with Crippen LogP contribution in [0.1, 0.15) is 33.8 Å². The lowest BCUT2D eigenvalue weighted by Gasteiger charge is -2.24. The molecule has 1 atom stereocenters. The molecule has 0 spiro atoms. The van der Waals surface area contributed by atoms with Gasteiger partial charge in [0.25, 0.3) is 0 Å². The molecule has 1 nitrogen and oxygen atoms in total. The van der Waals surface area contributed by atoms with Gasteiger partial charge >= 0.3 is 0 Å². The van der Waals surface area contributed by atoms with Gasteiger partial charge in [0.05, 0.1) is 10.0 Å². The zero-order valence-corrected chi connectivity index (χ0v) is 12.8. The average Bonchev–Trinajstić information content (AvgIpc) is 2.41. The molecule has 102 valence electrons. The molecule has 0 saturated carbocycles. The minimum absolute atomic E-state index is 0.128. The van der Waals surface area contributed by atoms with E-state index in [0.717, 1.165) is 23.1 Å². The molecule has 3 rings (SSSR count). The van der Waals surface area contributed by atoms with E-state index in [2.05, 4.69) is 0 Å². The molecule has 2 aromatic rings. The van der Waals surface area contributed by atoms with Crippen molar-refractivity contribution >= 4 is 40.6 Å². The lowest BCUT2D eigenvalue weighted by atomic mass is 9.79. The average molecular weight is 326 g/mol.